The SMILES string of the molecule is CO[C@H]1O[C@H](CO[Si](c2ccccc2)(c2ccccc2)C(C)(C)C)[C@H]2O[C@@]3(OC)CCCC[C@]3(OC)O[C@@H]2[C@@H]1O[C@H]1O[C@H](COCc2ccccc2)[C@H]2O[C@](C)(OC)[C@@](C)(OC)O[C@@H]2[C@@H]1OCc1ccccc1. The van der Waals surface area contributed by atoms with Crippen molar-refractivity contribution in [3.05, 3.63) is 132 Å². The van der Waals surface area contributed by atoms with Crippen LogP contribution in [0.15, 0.2) is 121 Å². The number of rotatable bonds is 19. The Balaban J connectivity index is 1.11. The molecule has 398 valence electrons. The Labute approximate surface area is 432 Å². The van der Waals surface area contributed by atoms with Crippen molar-refractivity contribution in [2.75, 3.05) is 48.8 Å². The molecule has 4 saturated heterocycles. The Hall–Kier alpha value is -3.50. The zero-order valence-corrected chi connectivity index (χ0v) is 45.1. The molecule has 4 aromatic rings. The maximum absolute atomic E-state index is 7.58. The second-order valence-electron chi connectivity index (χ2n) is 20.9. The Morgan fingerprint density at radius 3 is 1.48 bits per heavy atom. The van der Waals surface area contributed by atoms with Gasteiger partial charge in [0.2, 0.25) is 23.1 Å². The van der Waals surface area contributed by atoms with Crippen molar-refractivity contribution in [3.63, 3.8) is 0 Å². The summed E-state index contributed by atoms with van der Waals surface area (Å²) in [6, 6.07) is 40.9. The maximum Gasteiger partial charge on any atom is 0.261 e. The number of hydrogen-bond donors (Lipinski definition) is 0. The summed E-state index contributed by atoms with van der Waals surface area (Å²) >= 11 is 0. The van der Waals surface area contributed by atoms with E-state index in [0.717, 1.165) is 34.3 Å². The predicted octanol–water partition coefficient (Wildman–Crippen LogP) is 7.40. The van der Waals surface area contributed by atoms with Crippen LogP contribution in [0.25, 0.3) is 0 Å². The molecule has 5 fully saturated rings. The second-order valence-corrected chi connectivity index (χ2v) is 25.2. The lowest BCUT2D eigenvalue weighted by Gasteiger charge is -2.61. The molecule has 0 amide bonds. The van der Waals surface area contributed by atoms with Gasteiger partial charge in [-0.25, -0.2) is 0 Å². The first-order valence-corrected chi connectivity index (χ1v) is 27.6. The summed E-state index contributed by atoms with van der Waals surface area (Å²) < 4.78 is 102. The third-order valence-electron chi connectivity index (χ3n) is 15.7. The van der Waals surface area contributed by atoms with Crippen LogP contribution in [-0.2, 0) is 84.0 Å². The van der Waals surface area contributed by atoms with E-state index in [-0.39, 0.29) is 24.9 Å². The van der Waals surface area contributed by atoms with Gasteiger partial charge in [-0.05, 0) is 53.2 Å². The summed E-state index contributed by atoms with van der Waals surface area (Å²) in [5.41, 5.74) is 1.93. The average Bonchev–Trinajstić information content (AvgIpc) is 3.42. The lowest BCUT2D eigenvalue weighted by atomic mass is 9.83. The summed E-state index contributed by atoms with van der Waals surface area (Å²) in [7, 11) is 4.89. The van der Waals surface area contributed by atoms with Crippen molar-refractivity contribution in [2.24, 2.45) is 0 Å². The number of ether oxygens (including phenoxy) is 14. The molecule has 1 aliphatic carbocycles. The van der Waals surface area contributed by atoms with Gasteiger partial charge < -0.3 is 70.7 Å². The molecule has 14 atom stereocenters. The van der Waals surface area contributed by atoms with Crippen LogP contribution in [0.3, 0.4) is 0 Å². The minimum Gasteiger partial charge on any atom is -0.405 e. The van der Waals surface area contributed by atoms with Gasteiger partial charge >= 0.3 is 0 Å². The lowest BCUT2D eigenvalue weighted by Crippen LogP contribution is -2.77. The van der Waals surface area contributed by atoms with Crippen LogP contribution in [0.1, 0.15) is 71.4 Å². The molecule has 73 heavy (non-hydrogen) atoms. The quantitative estimate of drug-likeness (QED) is 0.0862. The molecule has 16 heteroatoms. The minimum absolute atomic E-state index is 0.0967. The summed E-state index contributed by atoms with van der Waals surface area (Å²) in [5, 5.41) is 1.94. The van der Waals surface area contributed by atoms with Gasteiger partial charge in [-0.2, -0.15) is 0 Å². The Kier molecular flexibility index (Phi) is 16.8. The number of hydrogen-bond acceptors (Lipinski definition) is 15. The highest BCUT2D eigenvalue weighted by Gasteiger charge is 2.69. The van der Waals surface area contributed by atoms with Gasteiger partial charge in [0, 0.05) is 48.4 Å². The zero-order chi connectivity index (χ0) is 51.5. The molecule has 9 rings (SSSR count). The van der Waals surface area contributed by atoms with E-state index in [1.165, 1.54) is 0 Å². The highest BCUT2D eigenvalue weighted by atomic mass is 28.4. The smallest absolute Gasteiger partial charge is 0.261 e. The molecule has 15 nitrogen and oxygen atoms in total. The number of methoxy groups -OCH3 is 5. The second kappa shape index (κ2) is 22.6. The fourth-order valence-electron chi connectivity index (χ4n) is 11.6. The van der Waals surface area contributed by atoms with Crippen molar-refractivity contribution in [3.8, 4) is 0 Å². The van der Waals surface area contributed by atoms with E-state index in [1.54, 1.807) is 49.4 Å². The lowest BCUT2D eigenvalue weighted by molar-refractivity contribution is -0.507. The molecule has 0 bridgehead atoms. The van der Waals surface area contributed by atoms with Crippen molar-refractivity contribution in [2.45, 2.75) is 163 Å². The molecule has 0 aromatic heterocycles. The van der Waals surface area contributed by atoms with E-state index in [9.17, 15) is 0 Å². The predicted molar refractivity (Wildman–Crippen MR) is 272 cm³/mol. The third-order valence-corrected chi connectivity index (χ3v) is 20.8. The molecule has 1 saturated carbocycles. The number of fused-ring (bicyclic) bond motifs is 3. The third kappa shape index (κ3) is 10.3. The Morgan fingerprint density at radius 1 is 0.521 bits per heavy atom. The van der Waals surface area contributed by atoms with Crippen molar-refractivity contribution >= 4 is 18.7 Å². The normalized spacial score (nSPS) is 35.6. The highest BCUT2D eigenvalue weighted by molar-refractivity contribution is 6.99. The molecule has 4 aliphatic heterocycles. The molecule has 0 N–H and O–H groups in total. The van der Waals surface area contributed by atoms with E-state index in [4.69, 9.17) is 70.7 Å². The van der Waals surface area contributed by atoms with E-state index in [1.807, 2.05) is 72.8 Å². The standard InChI is InChI=1S/C57H76O15Si/c1-53(2,3)73(41-29-19-13-20-30-41,42-31-21-14-22-32-42)65-38-44-46-48(72-57(62-10)34-24-23-33-56(57,61-9)71-46)50(51(58-6)66-44)68-52-49(64-36-40-27-17-12-18-28-40)47-45(69-54(4,59-7)55(5,60-8)70-47)43(67-52)37-63-35-39-25-15-11-16-26-39/h11-22,25-32,43-52H,23-24,33-38H2,1-10H3/t43-,44-,45-,46-,47+,48+,49+,50+,51+,52-,54+,55+,56+,57+/m1/s1. The Bertz CT molecular complexity index is 2310. The van der Waals surface area contributed by atoms with E-state index in [0.29, 0.717) is 19.4 Å². The van der Waals surface area contributed by atoms with Crippen molar-refractivity contribution < 1.29 is 70.7 Å². The summed E-state index contributed by atoms with van der Waals surface area (Å²) in [5.74, 6) is -5.37. The fourth-order valence-corrected chi connectivity index (χ4v) is 16.2. The van der Waals surface area contributed by atoms with Crippen molar-refractivity contribution in [1.29, 1.82) is 0 Å². The van der Waals surface area contributed by atoms with E-state index >= 15 is 0 Å². The van der Waals surface area contributed by atoms with Gasteiger partial charge in [0.25, 0.3) is 8.32 Å². The monoisotopic (exact) mass is 1030 g/mol. The topological polar surface area (TPSA) is 138 Å². The van der Waals surface area contributed by atoms with Gasteiger partial charge in [0.1, 0.15) is 48.8 Å². The van der Waals surface area contributed by atoms with Crippen LogP contribution in [0.2, 0.25) is 5.04 Å². The van der Waals surface area contributed by atoms with Crippen LogP contribution in [0.4, 0.5) is 0 Å². The van der Waals surface area contributed by atoms with Crippen LogP contribution >= 0.6 is 0 Å². The molecule has 4 heterocycles. The summed E-state index contributed by atoms with van der Waals surface area (Å²) in [6.45, 7) is 11.0. The summed E-state index contributed by atoms with van der Waals surface area (Å²) in [6.07, 6.45) is -6.33. The maximum atomic E-state index is 7.58. The van der Waals surface area contributed by atoms with E-state index < -0.39 is 92.9 Å². The van der Waals surface area contributed by atoms with Crippen LogP contribution < -0.4 is 10.4 Å². The molecule has 0 spiro atoms. The minimum atomic E-state index is -3.09. The van der Waals surface area contributed by atoms with Gasteiger partial charge in [-0.15, -0.1) is 0 Å². The first-order chi connectivity index (χ1) is 35.2. The molecule has 0 unspecified atom stereocenters. The van der Waals surface area contributed by atoms with Gasteiger partial charge in [0.15, 0.2) is 12.6 Å². The van der Waals surface area contributed by atoms with Gasteiger partial charge in [-0.3, -0.25) is 0 Å². The first-order valence-electron chi connectivity index (χ1n) is 25.7. The Morgan fingerprint density at radius 2 is 0.973 bits per heavy atom. The fraction of sp³-hybridized carbons (Fsp3) is 0.579. The molecule has 5 aliphatic rings. The number of benzene rings is 4. The molecular formula is C57H76O15Si. The van der Waals surface area contributed by atoms with Crippen LogP contribution in [0, 0.1) is 0 Å². The first kappa shape index (κ1) is 54.3. The molecule has 4 aromatic carbocycles. The molecular weight excluding hydrogens is 953 g/mol. The van der Waals surface area contributed by atoms with Crippen LogP contribution in [0.5, 0.6) is 0 Å². The van der Waals surface area contributed by atoms with Gasteiger partial charge in [0.05, 0.1) is 26.4 Å². The van der Waals surface area contributed by atoms with E-state index in [2.05, 4.69) is 69.3 Å². The van der Waals surface area contributed by atoms with Crippen LogP contribution in [-0.4, -0.2) is 142 Å². The highest BCUT2D eigenvalue weighted by Crippen LogP contribution is 2.53. The van der Waals surface area contributed by atoms with Crippen molar-refractivity contribution in [1.82, 2.24) is 0 Å². The summed E-state index contributed by atoms with van der Waals surface area (Å²) in [4.78, 5) is 0. The largest absolute Gasteiger partial charge is 0.405 e. The van der Waals surface area contributed by atoms with Gasteiger partial charge in [-0.1, -0.05) is 142 Å². The average molecular weight is 1030 g/mol. The molecule has 0 radical (unpaired) electrons. The zero-order valence-electron chi connectivity index (χ0n) is 44.1.